The molecule has 1 amide bonds. The Kier molecular flexibility index (Phi) is 6.17. The van der Waals surface area contributed by atoms with Gasteiger partial charge in [-0.3, -0.25) is 9.53 Å². The molecule has 2 bridgehead atoms. The van der Waals surface area contributed by atoms with Crippen LogP contribution < -0.4 is 10.1 Å². The third kappa shape index (κ3) is 5.10. The number of aromatic nitrogens is 2. The van der Waals surface area contributed by atoms with Crippen molar-refractivity contribution in [1.29, 1.82) is 0 Å². The summed E-state index contributed by atoms with van der Waals surface area (Å²) in [6.07, 6.45) is -2.96. The van der Waals surface area contributed by atoms with Gasteiger partial charge in [-0.15, -0.1) is 23.4 Å². The number of nitrogens with zero attached hydrogens (tertiary/aromatic N) is 2. The van der Waals surface area contributed by atoms with E-state index in [1.165, 1.54) is 12.1 Å². The van der Waals surface area contributed by atoms with Crippen LogP contribution in [0.4, 0.5) is 17.6 Å². The van der Waals surface area contributed by atoms with E-state index < -0.39 is 29.4 Å². The summed E-state index contributed by atoms with van der Waals surface area (Å²) in [7, 11) is 0. The van der Waals surface area contributed by atoms with Gasteiger partial charge in [-0.2, -0.15) is 0 Å². The number of carbonyl (C=O) groups excluding carboxylic acids is 1. The zero-order chi connectivity index (χ0) is 24.8. The fraction of sp³-hybridized carbons (Fsp3) is 0.591. The number of halogens is 5. The SMILES string of the molecule is O=C(COc1ccc(Cl)c(F)c1)NC12CCC(c3nnc(C4CC(OC(F)(F)F)C4)o3)(CC1)OC2. The van der Waals surface area contributed by atoms with Crippen LogP contribution in [0.3, 0.4) is 0 Å². The molecule has 13 heteroatoms. The lowest BCUT2D eigenvalue weighted by atomic mass is 9.71. The van der Waals surface area contributed by atoms with E-state index in [4.69, 9.17) is 25.5 Å². The number of carbonyl (C=O) groups is 1. The van der Waals surface area contributed by atoms with E-state index in [9.17, 15) is 22.4 Å². The first-order valence-electron chi connectivity index (χ1n) is 11.2. The van der Waals surface area contributed by atoms with Gasteiger partial charge < -0.3 is 19.2 Å². The maximum Gasteiger partial charge on any atom is 0.522 e. The molecule has 0 atom stereocenters. The highest BCUT2D eigenvalue weighted by Crippen LogP contribution is 2.50. The molecule has 8 nitrogen and oxygen atoms in total. The van der Waals surface area contributed by atoms with Crippen molar-refractivity contribution < 1.29 is 41.0 Å². The summed E-state index contributed by atoms with van der Waals surface area (Å²) in [4.78, 5) is 12.5. The summed E-state index contributed by atoms with van der Waals surface area (Å²) in [6.45, 7) is -0.0572. The van der Waals surface area contributed by atoms with Crippen LogP contribution in [0.15, 0.2) is 22.6 Å². The minimum Gasteiger partial charge on any atom is -0.484 e. The number of ether oxygens (including phenoxy) is 3. The Labute approximate surface area is 202 Å². The van der Waals surface area contributed by atoms with Crippen LogP contribution in [0.5, 0.6) is 5.75 Å². The van der Waals surface area contributed by atoms with Crippen molar-refractivity contribution in [2.24, 2.45) is 0 Å². The molecule has 2 aromatic rings. The van der Waals surface area contributed by atoms with Crippen molar-refractivity contribution in [3.05, 3.63) is 40.8 Å². The van der Waals surface area contributed by atoms with E-state index >= 15 is 0 Å². The van der Waals surface area contributed by atoms with Crippen molar-refractivity contribution >= 4 is 17.5 Å². The Morgan fingerprint density at radius 1 is 1.20 bits per heavy atom. The standard InChI is InChI=1S/C22H22ClF4N3O5/c23-15-2-1-13(9-16(15)24)32-10-17(31)28-20-3-5-21(6-4-20,33-11-20)19-30-29-18(34-19)12-7-14(8-12)35-22(25,26)27/h1-2,9,12,14H,3-8,10-11H2,(H,28,31). The monoisotopic (exact) mass is 519 g/mol. The molecule has 2 aliphatic heterocycles. The van der Waals surface area contributed by atoms with E-state index in [0.717, 1.165) is 6.07 Å². The molecule has 6 rings (SSSR count). The first kappa shape index (κ1) is 24.3. The van der Waals surface area contributed by atoms with Gasteiger partial charge in [0, 0.05) is 12.0 Å². The normalized spacial score (nSPS) is 30.1. The molecule has 0 spiro atoms. The van der Waals surface area contributed by atoms with Crippen LogP contribution in [0, 0.1) is 5.82 Å². The number of rotatable bonds is 7. The van der Waals surface area contributed by atoms with E-state index in [0.29, 0.717) is 31.6 Å². The fourth-order valence-electron chi connectivity index (χ4n) is 4.82. The zero-order valence-electron chi connectivity index (χ0n) is 18.4. The first-order chi connectivity index (χ1) is 16.5. The van der Waals surface area contributed by atoms with Gasteiger partial charge in [-0.1, -0.05) is 11.6 Å². The molecule has 0 unspecified atom stereocenters. The highest BCUT2D eigenvalue weighted by molar-refractivity contribution is 6.30. The van der Waals surface area contributed by atoms with Crippen LogP contribution in [0.2, 0.25) is 5.02 Å². The van der Waals surface area contributed by atoms with Gasteiger partial charge in [0.05, 0.1) is 23.3 Å². The zero-order valence-corrected chi connectivity index (χ0v) is 19.1. The third-order valence-corrected chi connectivity index (χ3v) is 7.19. The molecule has 1 aromatic carbocycles. The molecule has 1 aromatic heterocycles. The number of fused-ring (bicyclic) bond motifs is 3. The molecule has 4 aliphatic rings. The quantitative estimate of drug-likeness (QED) is 0.542. The summed E-state index contributed by atoms with van der Waals surface area (Å²) >= 11 is 5.64. The number of alkyl halides is 3. The molecule has 3 heterocycles. The summed E-state index contributed by atoms with van der Waals surface area (Å²) in [5.41, 5.74) is -1.34. The highest BCUT2D eigenvalue weighted by Gasteiger charge is 2.54. The van der Waals surface area contributed by atoms with Crippen LogP contribution in [-0.4, -0.2) is 47.3 Å². The van der Waals surface area contributed by atoms with Crippen LogP contribution in [0.25, 0.3) is 0 Å². The predicted molar refractivity (Wildman–Crippen MR) is 111 cm³/mol. The predicted octanol–water partition coefficient (Wildman–Crippen LogP) is 4.38. The average Bonchev–Trinajstić information content (AvgIpc) is 3.28. The van der Waals surface area contributed by atoms with E-state index in [-0.39, 0.29) is 54.5 Å². The van der Waals surface area contributed by atoms with Crippen molar-refractivity contribution in [3.63, 3.8) is 0 Å². The Balaban J connectivity index is 1.13. The van der Waals surface area contributed by atoms with Crippen molar-refractivity contribution in [2.45, 2.75) is 68.0 Å². The van der Waals surface area contributed by atoms with Crippen molar-refractivity contribution in [2.75, 3.05) is 13.2 Å². The molecule has 2 saturated heterocycles. The molecule has 1 N–H and O–H groups in total. The minimum absolute atomic E-state index is 0.0357. The number of amides is 1. The lowest BCUT2D eigenvalue weighted by molar-refractivity contribution is -0.352. The van der Waals surface area contributed by atoms with E-state index in [2.05, 4.69) is 20.3 Å². The summed E-state index contributed by atoms with van der Waals surface area (Å²) in [6, 6.07) is 3.93. The number of nitrogens with one attached hydrogen (secondary N) is 1. The molecule has 2 saturated carbocycles. The molecule has 4 fully saturated rings. The molecule has 35 heavy (non-hydrogen) atoms. The molecular formula is C22H22ClF4N3O5. The van der Waals surface area contributed by atoms with E-state index in [1.54, 1.807) is 0 Å². The summed E-state index contributed by atoms with van der Waals surface area (Å²) in [5.74, 6) is -0.494. The second kappa shape index (κ2) is 8.90. The maximum atomic E-state index is 13.5. The minimum atomic E-state index is -4.66. The van der Waals surface area contributed by atoms with Gasteiger partial charge >= 0.3 is 6.36 Å². The molecule has 2 aliphatic carbocycles. The summed E-state index contributed by atoms with van der Waals surface area (Å²) in [5, 5.41) is 11.1. The lowest BCUT2D eigenvalue weighted by Gasteiger charge is -2.51. The van der Waals surface area contributed by atoms with Gasteiger partial charge in [-0.25, -0.2) is 4.39 Å². The third-order valence-electron chi connectivity index (χ3n) is 6.88. The van der Waals surface area contributed by atoms with Gasteiger partial charge in [0.15, 0.2) is 6.61 Å². The number of hydrogen-bond donors (Lipinski definition) is 1. The molecule has 190 valence electrons. The number of benzene rings is 1. The second-order valence-corrected chi connectivity index (χ2v) is 9.68. The largest absolute Gasteiger partial charge is 0.522 e. The van der Waals surface area contributed by atoms with E-state index in [1.807, 2.05) is 0 Å². The molecule has 0 radical (unpaired) electrons. The maximum absolute atomic E-state index is 13.5. The lowest BCUT2D eigenvalue weighted by Crippen LogP contribution is -2.62. The fourth-order valence-corrected chi connectivity index (χ4v) is 4.94. The highest BCUT2D eigenvalue weighted by atomic mass is 35.5. The smallest absolute Gasteiger partial charge is 0.484 e. The summed E-state index contributed by atoms with van der Waals surface area (Å²) < 4.78 is 71.8. The van der Waals surface area contributed by atoms with Crippen molar-refractivity contribution in [1.82, 2.24) is 15.5 Å². The average molecular weight is 520 g/mol. The van der Waals surface area contributed by atoms with Gasteiger partial charge in [-0.05, 0) is 50.7 Å². The number of hydrogen-bond acceptors (Lipinski definition) is 7. The van der Waals surface area contributed by atoms with Gasteiger partial charge in [0.25, 0.3) is 5.91 Å². The Morgan fingerprint density at radius 2 is 1.94 bits per heavy atom. The molecular weight excluding hydrogens is 498 g/mol. The van der Waals surface area contributed by atoms with Crippen LogP contribution >= 0.6 is 11.6 Å². The Hall–Kier alpha value is -2.44. The Morgan fingerprint density at radius 3 is 2.57 bits per heavy atom. The first-order valence-corrected chi connectivity index (χ1v) is 11.5. The van der Waals surface area contributed by atoms with Gasteiger partial charge in [0.2, 0.25) is 11.8 Å². The topological polar surface area (TPSA) is 95.7 Å². The second-order valence-electron chi connectivity index (χ2n) is 9.28. The Bertz CT molecular complexity index is 1080. The van der Waals surface area contributed by atoms with Crippen LogP contribution in [0.1, 0.15) is 56.2 Å². The van der Waals surface area contributed by atoms with Crippen molar-refractivity contribution in [3.8, 4) is 5.75 Å². The van der Waals surface area contributed by atoms with Crippen LogP contribution in [-0.2, 0) is 19.9 Å². The van der Waals surface area contributed by atoms with Gasteiger partial charge in [0.1, 0.15) is 17.2 Å².